The van der Waals surface area contributed by atoms with E-state index in [0.29, 0.717) is 5.92 Å². The highest BCUT2D eigenvalue weighted by atomic mass is 15.1. The molecule has 0 saturated carbocycles. The van der Waals surface area contributed by atoms with Crippen LogP contribution in [-0.4, -0.2) is 15.6 Å². The summed E-state index contributed by atoms with van der Waals surface area (Å²) in [6.07, 6.45) is 3.18. The van der Waals surface area contributed by atoms with E-state index in [2.05, 4.69) is 62.7 Å². The Hall–Kier alpha value is -1.61. The first kappa shape index (κ1) is 14.3. The topological polar surface area (TPSA) is 43.8 Å². The third-order valence-electron chi connectivity index (χ3n) is 4.38. The summed E-state index contributed by atoms with van der Waals surface area (Å²) in [5, 5.41) is 0. The molecule has 2 atom stereocenters. The minimum absolute atomic E-state index is 0.188. The van der Waals surface area contributed by atoms with Crippen LogP contribution in [0.4, 0.5) is 0 Å². The van der Waals surface area contributed by atoms with Crippen molar-refractivity contribution in [1.82, 2.24) is 9.55 Å². The average molecular weight is 283 g/mol. The van der Waals surface area contributed by atoms with Crippen LogP contribution in [0, 0.1) is 0 Å². The Morgan fingerprint density at radius 3 is 2.48 bits per heavy atom. The Kier molecular flexibility index (Phi) is 3.40. The van der Waals surface area contributed by atoms with Gasteiger partial charge in [0.25, 0.3) is 0 Å². The second-order valence-electron chi connectivity index (χ2n) is 7.36. The second-order valence-corrected chi connectivity index (χ2v) is 7.36. The standard InChI is InChI=1S/C18H25N3/c1-12-9-15(19)10-21-11-16(20-17(12)21)13-5-7-14(8-6-13)18(2,3)4/h5-8,11-12,15H,9-10,19H2,1-4H3. The molecule has 1 aromatic heterocycles. The molecule has 3 rings (SSSR count). The van der Waals surface area contributed by atoms with Gasteiger partial charge in [0.15, 0.2) is 0 Å². The zero-order valence-corrected chi connectivity index (χ0v) is 13.4. The quantitative estimate of drug-likeness (QED) is 0.867. The summed E-state index contributed by atoms with van der Waals surface area (Å²) < 4.78 is 2.23. The molecular weight excluding hydrogens is 258 g/mol. The van der Waals surface area contributed by atoms with Crippen LogP contribution in [0.1, 0.15) is 51.4 Å². The maximum Gasteiger partial charge on any atom is 0.112 e. The van der Waals surface area contributed by atoms with Gasteiger partial charge in [-0.2, -0.15) is 0 Å². The minimum Gasteiger partial charge on any atom is -0.332 e. The lowest BCUT2D eigenvalue weighted by atomic mass is 9.86. The Bertz CT molecular complexity index is 631. The highest BCUT2D eigenvalue weighted by Gasteiger charge is 2.24. The molecule has 0 saturated heterocycles. The molecular formula is C18H25N3. The van der Waals surface area contributed by atoms with E-state index < -0.39 is 0 Å². The average Bonchev–Trinajstić information content (AvgIpc) is 2.82. The largest absolute Gasteiger partial charge is 0.332 e. The van der Waals surface area contributed by atoms with E-state index >= 15 is 0 Å². The van der Waals surface area contributed by atoms with Crippen LogP contribution in [0.5, 0.6) is 0 Å². The molecule has 2 unspecified atom stereocenters. The molecule has 0 fully saturated rings. The summed E-state index contributed by atoms with van der Waals surface area (Å²) in [7, 11) is 0. The van der Waals surface area contributed by atoms with Crippen molar-refractivity contribution in [1.29, 1.82) is 0 Å². The van der Waals surface area contributed by atoms with Gasteiger partial charge in [0.2, 0.25) is 0 Å². The number of hydrogen-bond donors (Lipinski definition) is 1. The fraction of sp³-hybridized carbons (Fsp3) is 0.500. The van der Waals surface area contributed by atoms with Crippen LogP contribution in [0.15, 0.2) is 30.5 Å². The van der Waals surface area contributed by atoms with Gasteiger partial charge >= 0.3 is 0 Å². The molecule has 3 heteroatoms. The summed E-state index contributed by atoms with van der Waals surface area (Å²) in [5.41, 5.74) is 9.89. The molecule has 1 aromatic carbocycles. The number of rotatable bonds is 1. The SMILES string of the molecule is CC1CC(N)Cn2cc(-c3ccc(C(C)(C)C)cc3)nc21. The third kappa shape index (κ3) is 2.75. The van der Waals surface area contributed by atoms with Gasteiger partial charge in [-0.25, -0.2) is 4.98 Å². The van der Waals surface area contributed by atoms with Crippen molar-refractivity contribution >= 4 is 0 Å². The predicted molar refractivity (Wildman–Crippen MR) is 87.4 cm³/mol. The number of imidazole rings is 1. The summed E-state index contributed by atoms with van der Waals surface area (Å²) in [6, 6.07) is 9.03. The van der Waals surface area contributed by atoms with Crippen LogP contribution in [0.3, 0.4) is 0 Å². The predicted octanol–water partition coefficient (Wildman–Crippen LogP) is 3.68. The third-order valence-corrected chi connectivity index (χ3v) is 4.38. The summed E-state index contributed by atoms with van der Waals surface area (Å²) in [5.74, 6) is 1.61. The van der Waals surface area contributed by atoms with Gasteiger partial charge in [-0.1, -0.05) is 52.0 Å². The van der Waals surface area contributed by atoms with E-state index in [0.717, 1.165) is 18.7 Å². The molecule has 0 radical (unpaired) electrons. The summed E-state index contributed by atoms with van der Waals surface area (Å²) in [6.45, 7) is 9.80. The number of aromatic nitrogens is 2. The zero-order valence-electron chi connectivity index (χ0n) is 13.4. The molecule has 21 heavy (non-hydrogen) atoms. The van der Waals surface area contributed by atoms with Gasteiger partial charge in [-0.15, -0.1) is 0 Å². The molecule has 2 N–H and O–H groups in total. The normalized spacial score (nSPS) is 22.1. The van der Waals surface area contributed by atoms with E-state index in [9.17, 15) is 0 Å². The smallest absolute Gasteiger partial charge is 0.112 e. The van der Waals surface area contributed by atoms with Gasteiger partial charge in [0.1, 0.15) is 5.82 Å². The number of benzene rings is 1. The highest BCUT2D eigenvalue weighted by molar-refractivity contribution is 5.59. The Morgan fingerprint density at radius 2 is 1.86 bits per heavy atom. The van der Waals surface area contributed by atoms with Crippen molar-refractivity contribution in [3.05, 3.63) is 41.9 Å². The monoisotopic (exact) mass is 283 g/mol. The molecule has 2 heterocycles. The van der Waals surface area contributed by atoms with Crippen molar-refractivity contribution in [3.8, 4) is 11.3 Å². The van der Waals surface area contributed by atoms with Crippen LogP contribution >= 0.6 is 0 Å². The lowest BCUT2D eigenvalue weighted by Crippen LogP contribution is -2.33. The highest BCUT2D eigenvalue weighted by Crippen LogP contribution is 2.30. The first-order valence-electron chi connectivity index (χ1n) is 7.78. The zero-order chi connectivity index (χ0) is 15.2. The lowest BCUT2D eigenvalue weighted by molar-refractivity contribution is 0.407. The second kappa shape index (κ2) is 4.99. The number of hydrogen-bond acceptors (Lipinski definition) is 2. The molecule has 0 bridgehead atoms. The molecule has 0 spiro atoms. The van der Waals surface area contributed by atoms with Gasteiger partial charge in [0, 0.05) is 30.3 Å². The van der Waals surface area contributed by atoms with Crippen LogP contribution in [0.25, 0.3) is 11.3 Å². The number of nitrogens with zero attached hydrogens (tertiary/aromatic N) is 2. The van der Waals surface area contributed by atoms with E-state index in [1.807, 2.05) is 0 Å². The molecule has 3 nitrogen and oxygen atoms in total. The van der Waals surface area contributed by atoms with Gasteiger partial charge < -0.3 is 10.3 Å². The van der Waals surface area contributed by atoms with Crippen LogP contribution in [-0.2, 0) is 12.0 Å². The molecule has 2 aromatic rings. The molecule has 0 aliphatic carbocycles. The Labute approximate surface area is 127 Å². The van der Waals surface area contributed by atoms with Crippen LogP contribution in [0.2, 0.25) is 0 Å². The summed E-state index contributed by atoms with van der Waals surface area (Å²) >= 11 is 0. The van der Waals surface area contributed by atoms with Gasteiger partial charge in [-0.05, 0) is 17.4 Å². The van der Waals surface area contributed by atoms with Gasteiger partial charge in [0.05, 0.1) is 5.69 Å². The van der Waals surface area contributed by atoms with Crippen molar-refractivity contribution in [2.45, 2.75) is 58.0 Å². The number of fused-ring (bicyclic) bond motifs is 1. The first-order chi connectivity index (χ1) is 9.84. The van der Waals surface area contributed by atoms with E-state index in [1.165, 1.54) is 17.0 Å². The molecule has 1 aliphatic rings. The first-order valence-corrected chi connectivity index (χ1v) is 7.78. The lowest BCUT2D eigenvalue weighted by Gasteiger charge is -2.25. The molecule has 1 aliphatic heterocycles. The Morgan fingerprint density at radius 1 is 1.19 bits per heavy atom. The van der Waals surface area contributed by atoms with Crippen molar-refractivity contribution in [2.24, 2.45) is 5.73 Å². The van der Waals surface area contributed by atoms with E-state index in [1.54, 1.807) is 0 Å². The van der Waals surface area contributed by atoms with Crippen molar-refractivity contribution in [2.75, 3.05) is 0 Å². The summed E-state index contributed by atoms with van der Waals surface area (Å²) in [4.78, 5) is 4.84. The number of nitrogens with two attached hydrogens (primary N) is 1. The minimum atomic E-state index is 0.188. The molecule has 0 amide bonds. The van der Waals surface area contributed by atoms with E-state index in [4.69, 9.17) is 10.7 Å². The van der Waals surface area contributed by atoms with Crippen LogP contribution < -0.4 is 5.73 Å². The fourth-order valence-electron chi connectivity index (χ4n) is 3.14. The fourth-order valence-corrected chi connectivity index (χ4v) is 3.14. The van der Waals surface area contributed by atoms with Crippen molar-refractivity contribution in [3.63, 3.8) is 0 Å². The maximum absolute atomic E-state index is 6.11. The Balaban J connectivity index is 1.93. The van der Waals surface area contributed by atoms with E-state index in [-0.39, 0.29) is 11.5 Å². The molecule has 112 valence electrons. The van der Waals surface area contributed by atoms with Gasteiger partial charge in [-0.3, -0.25) is 0 Å². The van der Waals surface area contributed by atoms with Crippen molar-refractivity contribution < 1.29 is 0 Å². The maximum atomic E-state index is 6.11.